The summed E-state index contributed by atoms with van der Waals surface area (Å²) in [6.07, 6.45) is 0.132. The lowest BCUT2D eigenvalue weighted by molar-refractivity contribution is -0.0537. The van der Waals surface area contributed by atoms with Crippen LogP contribution in [0.4, 0.5) is 0 Å². The van der Waals surface area contributed by atoms with Gasteiger partial charge in [-0.3, -0.25) is 4.99 Å². The van der Waals surface area contributed by atoms with Crippen LogP contribution in [-0.4, -0.2) is 53.0 Å². The molecule has 4 unspecified atom stereocenters. The second-order valence-electron chi connectivity index (χ2n) is 4.56. The van der Waals surface area contributed by atoms with Crippen LogP contribution in [0.5, 0.6) is 0 Å². The van der Waals surface area contributed by atoms with Gasteiger partial charge in [-0.1, -0.05) is 23.9 Å². The van der Waals surface area contributed by atoms with Crippen LogP contribution in [0.2, 0.25) is 0 Å². The van der Waals surface area contributed by atoms with Crippen LogP contribution in [0.25, 0.3) is 0 Å². The Bertz CT molecular complexity index is 330. The fourth-order valence-corrected chi connectivity index (χ4v) is 3.06. The molecule has 0 aromatic heterocycles. The minimum atomic E-state index is -0.426. The predicted octanol–water partition coefficient (Wildman–Crippen LogP) is 1.07. The van der Waals surface area contributed by atoms with Crippen LogP contribution in [0, 0.1) is 0 Å². The van der Waals surface area contributed by atoms with Gasteiger partial charge < -0.3 is 14.7 Å². The van der Waals surface area contributed by atoms with Crippen LogP contribution in [0.1, 0.15) is 13.3 Å². The molecule has 2 aliphatic rings. The first-order valence-electron chi connectivity index (χ1n) is 5.39. The highest BCUT2D eigenvalue weighted by Crippen LogP contribution is 2.37. The number of aliphatic imine (C=N–C) groups is 1. The summed E-state index contributed by atoms with van der Waals surface area (Å²) >= 11 is 1.58. The monoisotopic (exact) mass is 242 g/mol. The van der Waals surface area contributed by atoms with Crippen molar-refractivity contribution in [2.24, 2.45) is 4.99 Å². The van der Waals surface area contributed by atoms with Gasteiger partial charge in [0.2, 0.25) is 0 Å². The molecular formula is C11H18N2O2S. The highest BCUT2D eigenvalue weighted by Gasteiger charge is 2.43. The molecule has 2 aliphatic heterocycles. The van der Waals surface area contributed by atoms with Gasteiger partial charge in [-0.15, -0.1) is 0 Å². The van der Waals surface area contributed by atoms with Crippen molar-refractivity contribution in [1.82, 2.24) is 4.90 Å². The highest BCUT2D eigenvalue weighted by molar-refractivity contribution is 8.14. The normalized spacial score (nSPS) is 37.9. The van der Waals surface area contributed by atoms with Gasteiger partial charge in [0.25, 0.3) is 0 Å². The van der Waals surface area contributed by atoms with Crippen LogP contribution < -0.4 is 0 Å². The van der Waals surface area contributed by atoms with E-state index in [2.05, 4.69) is 11.6 Å². The van der Waals surface area contributed by atoms with Crippen molar-refractivity contribution >= 4 is 16.9 Å². The topological polar surface area (TPSA) is 45.1 Å². The molecule has 90 valence electrons. The van der Waals surface area contributed by atoms with Crippen LogP contribution in [0.15, 0.2) is 17.1 Å². The number of ether oxygens (including phenoxy) is 1. The van der Waals surface area contributed by atoms with E-state index >= 15 is 0 Å². The van der Waals surface area contributed by atoms with E-state index in [9.17, 15) is 5.11 Å². The zero-order valence-electron chi connectivity index (χ0n) is 9.88. The first kappa shape index (κ1) is 12.0. The summed E-state index contributed by atoms with van der Waals surface area (Å²) in [6.45, 7) is 5.82. The molecule has 0 aromatic carbocycles. The molecule has 0 aromatic rings. The Morgan fingerprint density at radius 3 is 2.88 bits per heavy atom. The Morgan fingerprint density at radius 2 is 2.31 bits per heavy atom. The van der Waals surface area contributed by atoms with Crippen molar-refractivity contribution in [2.75, 3.05) is 14.1 Å². The number of fused-ring (bicyclic) bond motifs is 1. The summed E-state index contributed by atoms with van der Waals surface area (Å²) in [5, 5.41) is 11.0. The fourth-order valence-electron chi connectivity index (χ4n) is 1.88. The Balaban J connectivity index is 2.10. The maximum atomic E-state index is 10.0. The zero-order valence-corrected chi connectivity index (χ0v) is 10.7. The Labute approximate surface area is 100 Å². The van der Waals surface area contributed by atoms with Crippen molar-refractivity contribution in [3.63, 3.8) is 0 Å². The van der Waals surface area contributed by atoms with Crippen molar-refractivity contribution in [3.8, 4) is 0 Å². The summed E-state index contributed by atoms with van der Waals surface area (Å²) in [4.78, 5) is 6.44. The average Bonchev–Trinajstić information content (AvgIpc) is 2.61. The molecule has 4 atom stereocenters. The van der Waals surface area contributed by atoms with E-state index in [0.717, 1.165) is 10.7 Å². The Morgan fingerprint density at radius 1 is 1.62 bits per heavy atom. The highest BCUT2D eigenvalue weighted by atomic mass is 32.2. The number of nitrogens with zero attached hydrogens (tertiary/aromatic N) is 2. The molecule has 4 nitrogen and oxygen atoms in total. The largest absolute Gasteiger partial charge is 0.391 e. The van der Waals surface area contributed by atoms with E-state index in [0.29, 0.717) is 6.42 Å². The minimum Gasteiger partial charge on any atom is -0.391 e. The van der Waals surface area contributed by atoms with Crippen molar-refractivity contribution in [3.05, 3.63) is 12.2 Å². The number of hydrogen-bond acceptors (Lipinski definition) is 5. The number of amidine groups is 1. The molecule has 0 aliphatic carbocycles. The lowest BCUT2D eigenvalue weighted by Gasteiger charge is -2.34. The van der Waals surface area contributed by atoms with E-state index in [4.69, 9.17) is 4.74 Å². The Hall–Kier alpha value is -0.520. The van der Waals surface area contributed by atoms with E-state index in [1.54, 1.807) is 11.8 Å². The molecule has 2 heterocycles. The third-order valence-corrected chi connectivity index (χ3v) is 4.14. The molecule has 1 fully saturated rings. The summed E-state index contributed by atoms with van der Waals surface area (Å²) in [5.74, 6) is 0. The van der Waals surface area contributed by atoms with Gasteiger partial charge in [0, 0.05) is 20.5 Å². The quantitative estimate of drug-likeness (QED) is 0.699. The number of aliphatic hydroxyl groups excluding tert-OH is 1. The lowest BCUT2D eigenvalue weighted by atomic mass is 9.98. The van der Waals surface area contributed by atoms with E-state index in [1.165, 1.54) is 0 Å². The molecule has 0 amide bonds. The molecule has 0 radical (unpaired) electrons. The summed E-state index contributed by atoms with van der Waals surface area (Å²) < 4.78 is 5.88. The van der Waals surface area contributed by atoms with E-state index < -0.39 is 6.10 Å². The number of hydrogen-bond donors (Lipinski definition) is 1. The summed E-state index contributed by atoms with van der Waals surface area (Å²) in [6, 6.07) is -0.127. The summed E-state index contributed by atoms with van der Waals surface area (Å²) in [7, 11) is 3.90. The number of aliphatic hydroxyl groups is 1. The third-order valence-electron chi connectivity index (χ3n) is 2.84. The standard InChI is InChI=1S/C11H18N2O2S/c1-6(2)8-5-7(14)9-10(15-8)16-11(12-9)13(3)4/h7-10,14H,1,5H2,2-4H3. The van der Waals surface area contributed by atoms with Crippen molar-refractivity contribution < 1.29 is 9.84 Å². The molecule has 16 heavy (non-hydrogen) atoms. The molecule has 5 heteroatoms. The van der Waals surface area contributed by atoms with E-state index in [-0.39, 0.29) is 17.6 Å². The maximum absolute atomic E-state index is 10.0. The maximum Gasteiger partial charge on any atom is 0.161 e. The fraction of sp³-hybridized carbons (Fsp3) is 0.727. The first-order valence-corrected chi connectivity index (χ1v) is 6.27. The van der Waals surface area contributed by atoms with Crippen LogP contribution >= 0.6 is 11.8 Å². The van der Waals surface area contributed by atoms with Gasteiger partial charge in [-0.2, -0.15) is 0 Å². The van der Waals surface area contributed by atoms with Crippen LogP contribution in [-0.2, 0) is 4.74 Å². The summed E-state index contributed by atoms with van der Waals surface area (Å²) in [5.41, 5.74) is 0.902. The second kappa shape index (κ2) is 4.39. The minimum absolute atomic E-state index is 0.0412. The third kappa shape index (κ3) is 2.12. The molecule has 1 N–H and O–H groups in total. The number of thioether (sulfide) groups is 1. The predicted molar refractivity (Wildman–Crippen MR) is 66.6 cm³/mol. The molecular weight excluding hydrogens is 224 g/mol. The van der Waals surface area contributed by atoms with Crippen molar-refractivity contribution in [1.29, 1.82) is 0 Å². The van der Waals surface area contributed by atoms with Gasteiger partial charge >= 0.3 is 0 Å². The van der Waals surface area contributed by atoms with Gasteiger partial charge in [-0.05, 0) is 6.92 Å². The molecule has 1 saturated heterocycles. The lowest BCUT2D eigenvalue weighted by Crippen LogP contribution is -2.44. The zero-order chi connectivity index (χ0) is 11.9. The Kier molecular flexibility index (Phi) is 3.28. The first-order chi connectivity index (χ1) is 7.49. The van der Waals surface area contributed by atoms with E-state index in [1.807, 2.05) is 25.9 Å². The van der Waals surface area contributed by atoms with Gasteiger partial charge in [0.1, 0.15) is 11.5 Å². The smallest absolute Gasteiger partial charge is 0.161 e. The van der Waals surface area contributed by atoms with Gasteiger partial charge in [0.05, 0.1) is 12.2 Å². The second-order valence-corrected chi connectivity index (χ2v) is 5.62. The van der Waals surface area contributed by atoms with Crippen LogP contribution in [0.3, 0.4) is 0 Å². The number of rotatable bonds is 1. The van der Waals surface area contributed by atoms with Gasteiger partial charge in [-0.25, -0.2) is 0 Å². The molecule has 2 rings (SSSR count). The molecule has 0 saturated carbocycles. The molecule has 0 spiro atoms. The van der Waals surface area contributed by atoms with Gasteiger partial charge in [0.15, 0.2) is 5.17 Å². The average molecular weight is 242 g/mol. The molecule has 0 bridgehead atoms. The SMILES string of the molecule is C=C(C)C1CC(O)C2N=C(N(C)C)SC2O1. The van der Waals surface area contributed by atoms with Crippen molar-refractivity contribution in [2.45, 2.75) is 37.0 Å².